The van der Waals surface area contributed by atoms with Crippen LogP contribution in [0.1, 0.15) is 70.9 Å². The number of hydrogen-bond acceptors (Lipinski definition) is 3. The first-order chi connectivity index (χ1) is 12.1. The normalized spacial score (nSPS) is 18.0. The van der Waals surface area contributed by atoms with E-state index in [9.17, 15) is 9.59 Å². The highest BCUT2D eigenvalue weighted by atomic mass is 16.6. The molecule has 1 aromatic rings. The molecular weight excluding hydrogens is 328 g/mol. The van der Waals surface area contributed by atoms with Gasteiger partial charge >= 0.3 is 6.09 Å². The van der Waals surface area contributed by atoms with E-state index in [4.69, 9.17) is 4.74 Å². The molecule has 144 valence electrons. The van der Waals surface area contributed by atoms with E-state index in [2.05, 4.69) is 19.2 Å². The van der Waals surface area contributed by atoms with Crippen LogP contribution in [0, 0.1) is 6.92 Å². The molecular formula is C21H32N2O3. The number of anilines is 1. The van der Waals surface area contributed by atoms with Gasteiger partial charge in [-0.2, -0.15) is 0 Å². The largest absolute Gasteiger partial charge is 0.444 e. The van der Waals surface area contributed by atoms with Crippen molar-refractivity contribution in [1.82, 2.24) is 4.90 Å². The Morgan fingerprint density at radius 2 is 1.92 bits per heavy atom. The summed E-state index contributed by atoms with van der Waals surface area (Å²) in [6.07, 6.45) is 2.08. The van der Waals surface area contributed by atoms with Gasteiger partial charge in [0, 0.05) is 12.2 Å². The van der Waals surface area contributed by atoms with Crippen molar-refractivity contribution in [2.24, 2.45) is 0 Å². The van der Waals surface area contributed by atoms with Crippen LogP contribution in [-0.2, 0) is 9.53 Å². The number of aryl methyl sites for hydroxylation is 1. The van der Waals surface area contributed by atoms with E-state index in [-0.39, 0.29) is 5.91 Å². The second-order valence-electron chi connectivity index (χ2n) is 8.37. The molecule has 2 rings (SSSR count). The monoisotopic (exact) mass is 360 g/mol. The molecule has 1 aliphatic rings. The van der Waals surface area contributed by atoms with E-state index in [0.717, 1.165) is 29.7 Å². The molecule has 0 bridgehead atoms. The van der Waals surface area contributed by atoms with Gasteiger partial charge in [0.25, 0.3) is 0 Å². The Bertz CT molecular complexity index is 662. The molecule has 0 aromatic heterocycles. The molecule has 1 fully saturated rings. The van der Waals surface area contributed by atoms with E-state index in [1.54, 1.807) is 4.90 Å². The van der Waals surface area contributed by atoms with Crippen LogP contribution in [-0.4, -0.2) is 35.1 Å². The van der Waals surface area contributed by atoms with Crippen LogP contribution < -0.4 is 5.32 Å². The molecule has 1 aliphatic heterocycles. The molecule has 1 heterocycles. The van der Waals surface area contributed by atoms with Gasteiger partial charge < -0.3 is 10.1 Å². The number of hydrogen-bond donors (Lipinski definition) is 1. The summed E-state index contributed by atoms with van der Waals surface area (Å²) in [7, 11) is 0. The van der Waals surface area contributed by atoms with E-state index in [1.165, 1.54) is 0 Å². The number of para-hydroxylation sites is 1. The number of carbonyl (C=O) groups is 2. The second-order valence-corrected chi connectivity index (χ2v) is 8.37. The maximum absolute atomic E-state index is 13.0. The average Bonchev–Trinajstić information content (AvgIpc) is 2.54. The predicted molar refractivity (Wildman–Crippen MR) is 104 cm³/mol. The first kappa shape index (κ1) is 20.3. The van der Waals surface area contributed by atoms with Crippen LogP contribution in [0.25, 0.3) is 0 Å². The highest BCUT2D eigenvalue weighted by Crippen LogP contribution is 2.29. The summed E-state index contributed by atoms with van der Waals surface area (Å²) in [6.45, 7) is 12.3. The van der Waals surface area contributed by atoms with Gasteiger partial charge in [-0.3, -0.25) is 9.69 Å². The van der Waals surface area contributed by atoms with Crippen molar-refractivity contribution in [3.05, 3.63) is 29.3 Å². The highest BCUT2D eigenvalue weighted by molar-refractivity contribution is 5.98. The van der Waals surface area contributed by atoms with Gasteiger partial charge in [0.2, 0.25) is 5.91 Å². The number of nitrogens with zero attached hydrogens (tertiary/aromatic N) is 1. The summed E-state index contributed by atoms with van der Waals surface area (Å²) in [5.41, 5.74) is 2.43. The minimum absolute atomic E-state index is 0.133. The van der Waals surface area contributed by atoms with Crippen LogP contribution in [0.3, 0.4) is 0 Å². The molecule has 0 saturated carbocycles. The number of carbonyl (C=O) groups excluding carboxylic acids is 2. The van der Waals surface area contributed by atoms with Gasteiger partial charge in [0.05, 0.1) is 0 Å². The molecule has 0 spiro atoms. The number of piperidine rings is 1. The minimum Gasteiger partial charge on any atom is -0.444 e. The maximum atomic E-state index is 13.0. The Hall–Kier alpha value is -2.04. The van der Waals surface area contributed by atoms with Crippen LogP contribution in [0.4, 0.5) is 10.5 Å². The Balaban J connectivity index is 2.21. The molecule has 1 N–H and O–H groups in total. The van der Waals surface area contributed by atoms with Crippen molar-refractivity contribution >= 4 is 17.7 Å². The smallest absolute Gasteiger partial charge is 0.410 e. The number of amides is 2. The predicted octanol–water partition coefficient (Wildman–Crippen LogP) is 4.85. The highest BCUT2D eigenvalue weighted by Gasteiger charge is 2.35. The van der Waals surface area contributed by atoms with Crippen LogP contribution in [0.15, 0.2) is 18.2 Å². The lowest BCUT2D eigenvalue weighted by Gasteiger charge is -2.36. The van der Waals surface area contributed by atoms with Gasteiger partial charge in [0.15, 0.2) is 0 Å². The zero-order valence-electron chi connectivity index (χ0n) is 16.9. The number of rotatable bonds is 3. The third-order valence-electron chi connectivity index (χ3n) is 4.61. The number of nitrogens with one attached hydrogen (secondary N) is 1. The minimum atomic E-state index is -0.573. The van der Waals surface area contributed by atoms with Gasteiger partial charge in [-0.1, -0.05) is 32.0 Å². The van der Waals surface area contributed by atoms with Crippen molar-refractivity contribution in [1.29, 1.82) is 0 Å². The van der Waals surface area contributed by atoms with E-state index < -0.39 is 17.7 Å². The van der Waals surface area contributed by atoms with Crippen LogP contribution in [0.5, 0.6) is 0 Å². The van der Waals surface area contributed by atoms with Crippen LogP contribution >= 0.6 is 0 Å². The molecule has 2 amide bonds. The zero-order valence-corrected chi connectivity index (χ0v) is 16.9. The molecule has 1 atom stereocenters. The van der Waals surface area contributed by atoms with Gasteiger partial charge in [-0.15, -0.1) is 0 Å². The quantitative estimate of drug-likeness (QED) is 0.838. The summed E-state index contributed by atoms with van der Waals surface area (Å²) in [4.78, 5) is 27.1. The Morgan fingerprint density at radius 3 is 2.54 bits per heavy atom. The summed E-state index contributed by atoms with van der Waals surface area (Å²) in [6, 6.07) is 5.56. The zero-order chi connectivity index (χ0) is 19.5. The molecule has 5 heteroatoms. The lowest BCUT2D eigenvalue weighted by Crippen LogP contribution is -2.51. The third-order valence-corrected chi connectivity index (χ3v) is 4.61. The molecule has 1 saturated heterocycles. The summed E-state index contributed by atoms with van der Waals surface area (Å²) < 4.78 is 5.50. The van der Waals surface area contributed by atoms with Crippen molar-refractivity contribution in [2.75, 3.05) is 11.9 Å². The summed E-state index contributed by atoms with van der Waals surface area (Å²) >= 11 is 0. The number of benzene rings is 1. The van der Waals surface area contributed by atoms with E-state index in [1.807, 2.05) is 45.9 Å². The lowest BCUT2D eigenvalue weighted by atomic mass is 9.97. The Labute approximate surface area is 157 Å². The standard InChI is InChI=1S/C21H32N2O3/c1-14(2)16-11-9-10-15(3)18(16)22-19(24)17-12-7-8-13-23(17)20(25)26-21(4,5)6/h9-11,14,17H,7-8,12-13H2,1-6H3,(H,22,24)/t17-/m0/s1. The average molecular weight is 360 g/mol. The second kappa shape index (κ2) is 8.11. The fraction of sp³-hybridized carbons (Fsp3) is 0.619. The number of ether oxygens (including phenoxy) is 1. The van der Waals surface area contributed by atoms with Crippen molar-refractivity contribution in [2.45, 2.75) is 78.4 Å². The summed E-state index contributed by atoms with van der Waals surface area (Å²) in [5.74, 6) is 0.172. The molecule has 0 radical (unpaired) electrons. The fourth-order valence-electron chi connectivity index (χ4n) is 3.29. The lowest BCUT2D eigenvalue weighted by molar-refractivity contribution is -0.122. The summed E-state index contributed by atoms with van der Waals surface area (Å²) in [5, 5.41) is 3.09. The molecule has 26 heavy (non-hydrogen) atoms. The van der Waals surface area contributed by atoms with Crippen molar-refractivity contribution in [3.8, 4) is 0 Å². The SMILES string of the molecule is Cc1cccc(C(C)C)c1NC(=O)[C@@H]1CCCCN1C(=O)OC(C)(C)C. The third kappa shape index (κ3) is 4.99. The van der Waals surface area contributed by atoms with E-state index >= 15 is 0 Å². The molecule has 0 unspecified atom stereocenters. The van der Waals surface area contributed by atoms with E-state index in [0.29, 0.717) is 18.9 Å². The first-order valence-corrected chi connectivity index (χ1v) is 9.50. The molecule has 5 nitrogen and oxygen atoms in total. The Kier molecular flexibility index (Phi) is 6.32. The fourth-order valence-corrected chi connectivity index (χ4v) is 3.29. The number of likely N-dealkylation sites (tertiary alicyclic amines) is 1. The Morgan fingerprint density at radius 1 is 1.23 bits per heavy atom. The van der Waals surface area contributed by atoms with Gasteiger partial charge in [-0.25, -0.2) is 4.79 Å². The van der Waals surface area contributed by atoms with Gasteiger partial charge in [0.1, 0.15) is 11.6 Å². The topological polar surface area (TPSA) is 58.6 Å². The first-order valence-electron chi connectivity index (χ1n) is 9.50. The molecule has 1 aromatic carbocycles. The van der Waals surface area contributed by atoms with Gasteiger partial charge in [-0.05, 0) is 64.0 Å². The molecule has 0 aliphatic carbocycles. The van der Waals surface area contributed by atoms with Crippen molar-refractivity contribution in [3.63, 3.8) is 0 Å². The maximum Gasteiger partial charge on any atom is 0.410 e. The van der Waals surface area contributed by atoms with Crippen molar-refractivity contribution < 1.29 is 14.3 Å². The van der Waals surface area contributed by atoms with Crippen LogP contribution in [0.2, 0.25) is 0 Å².